The Kier molecular flexibility index (Phi) is 4.21. The van der Waals surface area contributed by atoms with Gasteiger partial charge in [0, 0.05) is 15.6 Å². The normalized spacial score (nSPS) is 9.46. The molecule has 0 saturated heterocycles. The monoisotopic (exact) mass is 326 g/mol. The molecule has 2 N–H and O–H groups in total. The molecule has 1 rings (SSSR count). The highest BCUT2D eigenvalue weighted by molar-refractivity contribution is 14.1. The highest BCUT2D eigenvalue weighted by Crippen LogP contribution is 2.21. The molecule has 2 nitrogen and oxygen atoms in total. The quantitative estimate of drug-likeness (QED) is 0.613. The Morgan fingerprint density at radius 3 is 2.77 bits per heavy atom. The smallest absolute Gasteiger partial charge is 0.170 e. The van der Waals surface area contributed by atoms with Crippen molar-refractivity contribution < 1.29 is 0 Å². The lowest BCUT2D eigenvalue weighted by atomic mass is 10.3. The summed E-state index contributed by atoms with van der Waals surface area (Å²) in [5.74, 6) is 0. The Bertz CT molecular complexity index is 330. The summed E-state index contributed by atoms with van der Waals surface area (Å²) in [5, 5.41) is 7.21. The first-order chi connectivity index (χ1) is 6.13. The Morgan fingerprint density at radius 2 is 2.23 bits per heavy atom. The summed E-state index contributed by atoms with van der Waals surface area (Å²) in [6, 6.07) is 5.60. The fourth-order valence-electron chi connectivity index (χ4n) is 0.776. The van der Waals surface area contributed by atoms with Gasteiger partial charge in [-0.1, -0.05) is 11.6 Å². The lowest BCUT2D eigenvalue weighted by Gasteiger charge is -2.08. The van der Waals surface area contributed by atoms with Crippen LogP contribution in [0.4, 0.5) is 5.69 Å². The van der Waals surface area contributed by atoms with Crippen LogP contribution in [-0.2, 0) is 0 Å². The zero-order valence-electron chi connectivity index (χ0n) is 6.90. The number of thiocarbonyl (C=S) groups is 1. The summed E-state index contributed by atoms with van der Waals surface area (Å²) >= 11 is 13.0. The second-order valence-corrected chi connectivity index (χ2v) is 4.34. The molecule has 0 atom stereocenters. The average Bonchev–Trinajstić information content (AvgIpc) is 2.09. The first-order valence-corrected chi connectivity index (χ1v) is 5.44. The van der Waals surface area contributed by atoms with E-state index in [1.54, 1.807) is 7.05 Å². The van der Waals surface area contributed by atoms with Gasteiger partial charge in [0.1, 0.15) is 0 Å². The largest absolute Gasteiger partial charge is 0.366 e. The van der Waals surface area contributed by atoms with Crippen LogP contribution in [0.25, 0.3) is 0 Å². The van der Waals surface area contributed by atoms with Crippen LogP contribution in [0.15, 0.2) is 18.2 Å². The fourth-order valence-corrected chi connectivity index (χ4v) is 1.89. The summed E-state index contributed by atoms with van der Waals surface area (Å²) in [6.07, 6.45) is 0. The minimum absolute atomic E-state index is 0.597. The molecular formula is C8H8ClIN2S. The van der Waals surface area contributed by atoms with Crippen LogP contribution in [0, 0.1) is 3.57 Å². The predicted molar refractivity (Wildman–Crippen MR) is 69.4 cm³/mol. The lowest BCUT2D eigenvalue weighted by Crippen LogP contribution is -2.24. The Labute approximate surface area is 101 Å². The van der Waals surface area contributed by atoms with E-state index in [4.69, 9.17) is 23.8 Å². The molecule has 0 aliphatic carbocycles. The van der Waals surface area contributed by atoms with E-state index in [1.165, 1.54) is 0 Å². The molecule has 70 valence electrons. The summed E-state index contributed by atoms with van der Waals surface area (Å²) < 4.78 is 1.04. The SMILES string of the molecule is CNC(=S)Nc1ccc(Cl)cc1I. The second kappa shape index (κ2) is 4.97. The summed E-state index contributed by atoms with van der Waals surface area (Å²) in [4.78, 5) is 0. The molecule has 0 aromatic heterocycles. The van der Waals surface area contributed by atoms with Gasteiger partial charge in [-0.3, -0.25) is 0 Å². The number of rotatable bonds is 1. The molecule has 1 aromatic rings. The van der Waals surface area contributed by atoms with E-state index in [0.29, 0.717) is 5.11 Å². The first-order valence-electron chi connectivity index (χ1n) is 3.57. The van der Waals surface area contributed by atoms with Crippen molar-refractivity contribution in [1.82, 2.24) is 5.32 Å². The van der Waals surface area contributed by atoms with Crippen molar-refractivity contribution in [2.45, 2.75) is 0 Å². The van der Waals surface area contributed by atoms with Crippen molar-refractivity contribution in [3.63, 3.8) is 0 Å². The first kappa shape index (κ1) is 11.0. The molecule has 0 saturated carbocycles. The molecule has 0 aliphatic rings. The molecule has 13 heavy (non-hydrogen) atoms. The molecule has 0 unspecified atom stereocenters. The van der Waals surface area contributed by atoms with Gasteiger partial charge < -0.3 is 10.6 Å². The van der Waals surface area contributed by atoms with E-state index in [0.717, 1.165) is 14.3 Å². The number of hydrogen-bond donors (Lipinski definition) is 2. The Balaban J connectivity index is 2.83. The molecule has 0 heterocycles. The maximum atomic E-state index is 5.81. The van der Waals surface area contributed by atoms with Gasteiger partial charge in [-0.25, -0.2) is 0 Å². The number of hydrogen-bond acceptors (Lipinski definition) is 1. The molecule has 0 aliphatic heterocycles. The maximum absolute atomic E-state index is 5.81. The van der Waals surface area contributed by atoms with E-state index in [9.17, 15) is 0 Å². The molecule has 0 amide bonds. The van der Waals surface area contributed by atoms with Crippen LogP contribution in [0.1, 0.15) is 0 Å². The van der Waals surface area contributed by atoms with Gasteiger partial charge in [-0.15, -0.1) is 0 Å². The van der Waals surface area contributed by atoms with Crippen molar-refractivity contribution in [3.05, 3.63) is 26.8 Å². The van der Waals surface area contributed by atoms with Crippen molar-refractivity contribution in [2.75, 3.05) is 12.4 Å². The molecule has 0 spiro atoms. The summed E-state index contributed by atoms with van der Waals surface area (Å²) in [7, 11) is 1.78. The van der Waals surface area contributed by atoms with Gasteiger partial charge in [0.2, 0.25) is 0 Å². The highest BCUT2D eigenvalue weighted by atomic mass is 127. The van der Waals surface area contributed by atoms with Crippen LogP contribution in [0.5, 0.6) is 0 Å². The van der Waals surface area contributed by atoms with Gasteiger partial charge in [-0.05, 0) is 53.0 Å². The van der Waals surface area contributed by atoms with E-state index < -0.39 is 0 Å². The maximum Gasteiger partial charge on any atom is 0.170 e. The summed E-state index contributed by atoms with van der Waals surface area (Å²) in [5.41, 5.74) is 0.962. The third-order valence-corrected chi connectivity index (χ3v) is 2.84. The van der Waals surface area contributed by atoms with E-state index >= 15 is 0 Å². The predicted octanol–water partition coefficient (Wildman–Crippen LogP) is 2.86. The molecule has 0 bridgehead atoms. The molecule has 5 heteroatoms. The topological polar surface area (TPSA) is 24.1 Å². The molecule has 1 aromatic carbocycles. The average molecular weight is 327 g/mol. The Hall–Kier alpha value is -0.0700. The van der Waals surface area contributed by atoms with Crippen LogP contribution in [0.3, 0.4) is 0 Å². The van der Waals surface area contributed by atoms with E-state index in [2.05, 4.69) is 33.2 Å². The van der Waals surface area contributed by atoms with Gasteiger partial charge >= 0.3 is 0 Å². The number of benzene rings is 1. The second-order valence-electron chi connectivity index (χ2n) is 2.33. The van der Waals surface area contributed by atoms with E-state index in [-0.39, 0.29) is 0 Å². The number of anilines is 1. The minimum atomic E-state index is 0.597. The third kappa shape index (κ3) is 3.28. The molecular weight excluding hydrogens is 319 g/mol. The fraction of sp³-hybridized carbons (Fsp3) is 0.125. The zero-order chi connectivity index (χ0) is 9.84. The van der Waals surface area contributed by atoms with Crippen molar-refractivity contribution in [3.8, 4) is 0 Å². The van der Waals surface area contributed by atoms with Crippen molar-refractivity contribution in [1.29, 1.82) is 0 Å². The van der Waals surface area contributed by atoms with E-state index in [1.807, 2.05) is 18.2 Å². The highest BCUT2D eigenvalue weighted by Gasteiger charge is 2.00. The summed E-state index contributed by atoms with van der Waals surface area (Å²) in [6.45, 7) is 0. The van der Waals surface area contributed by atoms with Crippen molar-refractivity contribution >= 4 is 57.2 Å². The van der Waals surface area contributed by atoms with Gasteiger partial charge in [0.05, 0.1) is 5.69 Å². The number of halogens is 2. The third-order valence-electron chi connectivity index (χ3n) is 1.41. The number of nitrogens with one attached hydrogen (secondary N) is 2. The minimum Gasteiger partial charge on any atom is -0.366 e. The molecule has 0 fully saturated rings. The van der Waals surface area contributed by atoms with Gasteiger partial charge in [-0.2, -0.15) is 0 Å². The molecule has 0 radical (unpaired) electrons. The standard InChI is InChI=1S/C8H8ClIN2S/c1-11-8(13)12-7-3-2-5(9)4-6(7)10/h2-4H,1H3,(H2,11,12,13). The van der Waals surface area contributed by atoms with Crippen LogP contribution >= 0.6 is 46.4 Å². The van der Waals surface area contributed by atoms with Gasteiger partial charge in [0.25, 0.3) is 0 Å². The zero-order valence-corrected chi connectivity index (χ0v) is 10.6. The Morgan fingerprint density at radius 1 is 1.54 bits per heavy atom. The van der Waals surface area contributed by atoms with Crippen LogP contribution in [-0.4, -0.2) is 12.2 Å². The lowest BCUT2D eigenvalue weighted by molar-refractivity contribution is 1.20. The van der Waals surface area contributed by atoms with Crippen LogP contribution < -0.4 is 10.6 Å². The van der Waals surface area contributed by atoms with Gasteiger partial charge in [0.15, 0.2) is 5.11 Å². The van der Waals surface area contributed by atoms with Crippen molar-refractivity contribution in [2.24, 2.45) is 0 Å². The van der Waals surface area contributed by atoms with Crippen LogP contribution in [0.2, 0.25) is 5.02 Å².